The second-order valence-electron chi connectivity index (χ2n) is 3.34. The van der Waals surface area contributed by atoms with E-state index in [-0.39, 0.29) is 18.4 Å². The molecule has 84 valence electrons. The summed E-state index contributed by atoms with van der Waals surface area (Å²) in [5.41, 5.74) is 7.11. The molecule has 0 radical (unpaired) electrons. The van der Waals surface area contributed by atoms with Crippen LogP contribution in [0.15, 0.2) is 18.2 Å². The number of anilines is 1. The normalized spacial score (nSPS) is 10.6. The molecule has 0 spiro atoms. The average Bonchev–Trinajstić information content (AvgIpc) is 2.58. The highest BCUT2D eigenvalue weighted by Crippen LogP contribution is 2.24. The Kier molecular flexibility index (Phi) is 2.70. The highest BCUT2D eigenvalue weighted by atomic mass is 35.5. The van der Waals surface area contributed by atoms with Gasteiger partial charge in [0.1, 0.15) is 12.1 Å². The molecule has 0 atom stereocenters. The molecule has 16 heavy (non-hydrogen) atoms. The van der Waals surface area contributed by atoms with Crippen LogP contribution in [0.4, 0.5) is 5.95 Å². The lowest BCUT2D eigenvalue weighted by atomic mass is 10.3. The number of rotatable bonds is 2. The summed E-state index contributed by atoms with van der Waals surface area (Å²) in [5.74, 6) is 0.151. The summed E-state index contributed by atoms with van der Waals surface area (Å²) >= 11 is 5.98. The Morgan fingerprint density at radius 1 is 1.62 bits per heavy atom. The third-order valence-electron chi connectivity index (χ3n) is 2.34. The summed E-state index contributed by atoms with van der Waals surface area (Å²) in [7, 11) is 1.57. The maximum Gasteiger partial charge on any atom is 0.239 e. The molecule has 2 rings (SSSR count). The number of nitrogens with zero attached hydrogens (tertiary/aromatic N) is 2. The molecule has 0 aliphatic heterocycles. The minimum Gasteiger partial charge on any atom is -0.369 e. The van der Waals surface area contributed by atoms with Crippen LogP contribution in [0, 0.1) is 0 Å². The van der Waals surface area contributed by atoms with E-state index in [1.165, 1.54) is 0 Å². The lowest BCUT2D eigenvalue weighted by Crippen LogP contribution is -2.24. The third kappa shape index (κ3) is 1.69. The van der Waals surface area contributed by atoms with Crippen molar-refractivity contribution in [1.29, 1.82) is 0 Å². The Hall–Kier alpha value is -1.75. The molecule has 5 nitrogen and oxygen atoms in total. The second kappa shape index (κ2) is 4.02. The van der Waals surface area contributed by atoms with Crippen LogP contribution < -0.4 is 11.1 Å². The Bertz CT molecular complexity index is 549. The monoisotopic (exact) mass is 238 g/mol. The molecular formula is C10H11ClN4O. The first-order valence-electron chi connectivity index (χ1n) is 4.74. The molecular weight excluding hydrogens is 228 g/mol. The molecule has 1 heterocycles. The molecule has 0 bridgehead atoms. The van der Waals surface area contributed by atoms with Crippen LogP contribution in [-0.4, -0.2) is 22.5 Å². The number of aromatic nitrogens is 2. The van der Waals surface area contributed by atoms with Crippen LogP contribution in [0.1, 0.15) is 0 Å². The van der Waals surface area contributed by atoms with Crippen LogP contribution in [0.25, 0.3) is 11.0 Å². The molecule has 0 unspecified atom stereocenters. The van der Waals surface area contributed by atoms with Crippen LogP contribution in [-0.2, 0) is 11.3 Å². The number of hydrogen-bond acceptors (Lipinski definition) is 3. The van der Waals surface area contributed by atoms with E-state index in [4.69, 9.17) is 17.3 Å². The van der Waals surface area contributed by atoms with Gasteiger partial charge in [-0.3, -0.25) is 4.79 Å². The number of benzene rings is 1. The smallest absolute Gasteiger partial charge is 0.239 e. The van der Waals surface area contributed by atoms with E-state index in [0.29, 0.717) is 10.5 Å². The number of para-hydroxylation sites is 1. The van der Waals surface area contributed by atoms with E-state index < -0.39 is 0 Å². The fraction of sp³-hybridized carbons (Fsp3) is 0.200. The number of carbonyl (C=O) groups is 1. The summed E-state index contributed by atoms with van der Waals surface area (Å²) in [5, 5.41) is 3.06. The van der Waals surface area contributed by atoms with Crippen molar-refractivity contribution in [2.75, 3.05) is 12.8 Å². The van der Waals surface area contributed by atoms with Crippen LogP contribution in [0.3, 0.4) is 0 Å². The highest BCUT2D eigenvalue weighted by Gasteiger charge is 2.12. The third-order valence-corrected chi connectivity index (χ3v) is 2.64. The van der Waals surface area contributed by atoms with Crippen molar-refractivity contribution >= 4 is 34.5 Å². The van der Waals surface area contributed by atoms with E-state index in [1.54, 1.807) is 23.7 Å². The maximum atomic E-state index is 11.3. The topological polar surface area (TPSA) is 72.9 Å². The van der Waals surface area contributed by atoms with Crippen LogP contribution in [0.2, 0.25) is 5.02 Å². The van der Waals surface area contributed by atoms with Gasteiger partial charge in [0, 0.05) is 7.05 Å². The van der Waals surface area contributed by atoms with Crippen molar-refractivity contribution < 1.29 is 4.79 Å². The molecule has 1 aromatic heterocycles. The predicted molar refractivity (Wildman–Crippen MR) is 63.2 cm³/mol. The van der Waals surface area contributed by atoms with Crippen molar-refractivity contribution in [2.24, 2.45) is 0 Å². The van der Waals surface area contributed by atoms with Gasteiger partial charge in [0.25, 0.3) is 0 Å². The Morgan fingerprint density at radius 2 is 2.38 bits per heavy atom. The van der Waals surface area contributed by atoms with E-state index >= 15 is 0 Å². The van der Waals surface area contributed by atoms with Gasteiger partial charge in [-0.25, -0.2) is 4.98 Å². The molecule has 0 aliphatic carbocycles. The Morgan fingerprint density at radius 3 is 3.06 bits per heavy atom. The largest absolute Gasteiger partial charge is 0.369 e. The van der Waals surface area contributed by atoms with Gasteiger partial charge in [0.05, 0.1) is 10.5 Å². The van der Waals surface area contributed by atoms with Gasteiger partial charge in [-0.05, 0) is 12.1 Å². The SMILES string of the molecule is CNC(=O)Cn1c(N)nc2c(Cl)cccc21. The quantitative estimate of drug-likeness (QED) is 0.821. The molecule has 2 aromatic rings. The van der Waals surface area contributed by atoms with Crippen LogP contribution >= 0.6 is 11.6 Å². The first-order chi connectivity index (χ1) is 7.63. The zero-order valence-electron chi connectivity index (χ0n) is 8.70. The van der Waals surface area contributed by atoms with E-state index in [1.807, 2.05) is 6.07 Å². The number of nitrogen functional groups attached to an aromatic ring is 1. The number of nitrogens with two attached hydrogens (primary N) is 1. The number of carbonyl (C=O) groups excluding carboxylic acids is 1. The number of nitrogens with one attached hydrogen (secondary N) is 1. The average molecular weight is 239 g/mol. The maximum absolute atomic E-state index is 11.3. The lowest BCUT2D eigenvalue weighted by Gasteiger charge is -2.04. The van der Waals surface area contributed by atoms with E-state index in [2.05, 4.69) is 10.3 Å². The summed E-state index contributed by atoms with van der Waals surface area (Å²) in [6.45, 7) is 0.138. The molecule has 1 aromatic carbocycles. The van der Waals surface area contributed by atoms with Crippen molar-refractivity contribution in [3.05, 3.63) is 23.2 Å². The number of amides is 1. The van der Waals surface area contributed by atoms with E-state index in [9.17, 15) is 4.79 Å². The first kappa shape index (κ1) is 10.8. The molecule has 0 saturated heterocycles. The Balaban J connectivity index is 2.56. The molecule has 0 saturated carbocycles. The summed E-state index contributed by atoms with van der Waals surface area (Å²) < 4.78 is 1.63. The minimum absolute atomic E-state index is 0.133. The van der Waals surface area contributed by atoms with Gasteiger partial charge in [-0.15, -0.1) is 0 Å². The lowest BCUT2D eigenvalue weighted by molar-refractivity contribution is -0.121. The van der Waals surface area contributed by atoms with Gasteiger partial charge in [0.2, 0.25) is 11.9 Å². The van der Waals surface area contributed by atoms with Gasteiger partial charge >= 0.3 is 0 Å². The standard InChI is InChI=1S/C10H11ClN4O/c1-13-8(16)5-15-7-4-2-3-6(11)9(7)14-10(15)12/h2-4H,5H2,1H3,(H2,12,14)(H,13,16). The van der Waals surface area contributed by atoms with Crippen molar-refractivity contribution in [3.8, 4) is 0 Å². The van der Waals surface area contributed by atoms with Gasteiger partial charge in [-0.1, -0.05) is 17.7 Å². The number of likely N-dealkylation sites (N-methyl/N-ethyl adjacent to an activating group) is 1. The molecule has 1 amide bonds. The van der Waals surface area contributed by atoms with Gasteiger partial charge < -0.3 is 15.6 Å². The number of hydrogen-bond donors (Lipinski definition) is 2. The molecule has 0 aliphatic rings. The first-order valence-corrected chi connectivity index (χ1v) is 5.12. The number of imidazole rings is 1. The minimum atomic E-state index is -0.133. The second-order valence-corrected chi connectivity index (χ2v) is 3.74. The van der Waals surface area contributed by atoms with Crippen LogP contribution in [0.5, 0.6) is 0 Å². The van der Waals surface area contributed by atoms with E-state index in [0.717, 1.165) is 5.52 Å². The van der Waals surface area contributed by atoms with Gasteiger partial charge in [-0.2, -0.15) is 0 Å². The summed E-state index contributed by atoms with van der Waals surface area (Å²) in [6.07, 6.45) is 0. The van der Waals surface area contributed by atoms with Crippen molar-refractivity contribution in [1.82, 2.24) is 14.9 Å². The predicted octanol–water partition coefficient (Wildman–Crippen LogP) is 1.02. The number of fused-ring (bicyclic) bond motifs is 1. The molecule has 3 N–H and O–H groups in total. The zero-order chi connectivity index (χ0) is 11.7. The Labute approximate surface area is 97.2 Å². The molecule has 0 fully saturated rings. The highest BCUT2D eigenvalue weighted by molar-refractivity contribution is 6.35. The molecule has 6 heteroatoms. The van der Waals surface area contributed by atoms with Crippen molar-refractivity contribution in [2.45, 2.75) is 6.54 Å². The fourth-order valence-electron chi connectivity index (χ4n) is 1.52. The zero-order valence-corrected chi connectivity index (χ0v) is 9.45. The summed E-state index contributed by atoms with van der Waals surface area (Å²) in [6, 6.07) is 5.36. The van der Waals surface area contributed by atoms with Gasteiger partial charge in [0.15, 0.2) is 0 Å². The number of halogens is 1. The van der Waals surface area contributed by atoms with Crippen molar-refractivity contribution in [3.63, 3.8) is 0 Å². The summed E-state index contributed by atoms with van der Waals surface area (Å²) in [4.78, 5) is 15.4. The fourth-order valence-corrected chi connectivity index (χ4v) is 1.73.